The van der Waals surface area contributed by atoms with Gasteiger partial charge in [0.05, 0.1) is 0 Å². The third-order valence-corrected chi connectivity index (χ3v) is 4.22. The van der Waals surface area contributed by atoms with Crippen molar-refractivity contribution < 1.29 is 23.7 Å². The van der Waals surface area contributed by atoms with Crippen LogP contribution in [0.1, 0.15) is 0 Å². The summed E-state index contributed by atoms with van der Waals surface area (Å²) in [6, 6.07) is 13.4. The van der Waals surface area contributed by atoms with Crippen molar-refractivity contribution in [3.05, 3.63) is 42.5 Å². The lowest BCUT2D eigenvalue weighted by Gasteiger charge is -2.32. The number of rotatable bonds is 5. The highest BCUT2D eigenvalue weighted by atomic mass is 35.5. The van der Waals surface area contributed by atoms with Crippen LogP contribution < -0.4 is 23.7 Å². The van der Waals surface area contributed by atoms with E-state index >= 15 is 0 Å². The van der Waals surface area contributed by atoms with Gasteiger partial charge in [0.15, 0.2) is 29.2 Å². The molecule has 0 aromatic heterocycles. The van der Waals surface area contributed by atoms with E-state index in [-0.39, 0.29) is 18.6 Å². The first-order valence-corrected chi connectivity index (χ1v) is 8.41. The van der Waals surface area contributed by atoms with Gasteiger partial charge in [0.2, 0.25) is 5.75 Å². The van der Waals surface area contributed by atoms with Crippen LogP contribution in [0.25, 0.3) is 0 Å². The van der Waals surface area contributed by atoms with Gasteiger partial charge >= 0.3 is 0 Å². The molecule has 0 bridgehead atoms. The van der Waals surface area contributed by atoms with Crippen molar-refractivity contribution in [3.63, 3.8) is 0 Å². The first kappa shape index (κ1) is 18.5. The average molecular weight is 380 g/mol. The summed E-state index contributed by atoms with van der Waals surface area (Å²) in [7, 11) is 1.99. The molecule has 1 unspecified atom stereocenters. The predicted molar refractivity (Wildman–Crippen MR) is 99.2 cm³/mol. The molecule has 2 aromatic rings. The van der Waals surface area contributed by atoms with Crippen molar-refractivity contribution in [2.75, 3.05) is 40.0 Å². The molecule has 0 amide bonds. The van der Waals surface area contributed by atoms with Crippen LogP contribution in [0, 0.1) is 0 Å². The number of benzene rings is 2. The summed E-state index contributed by atoms with van der Waals surface area (Å²) in [4.78, 5) is 2.07. The fourth-order valence-corrected chi connectivity index (χ4v) is 2.83. The summed E-state index contributed by atoms with van der Waals surface area (Å²) in [5.41, 5.74) is 0. The summed E-state index contributed by atoms with van der Waals surface area (Å²) in [5, 5.41) is 0. The molecule has 4 rings (SSSR count). The highest BCUT2D eigenvalue weighted by molar-refractivity contribution is 5.85. The maximum atomic E-state index is 5.99. The zero-order chi connectivity index (χ0) is 17.1. The molecule has 0 radical (unpaired) electrons. The van der Waals surface area contributed by atoms with Gasteiger partial charge in [0.25, 0.3) is 0 Å². The van der Waals surface area contributed by atoms with Crippen LogP contribution in [0.4, 0.5) is 0 Å². The maximum Gasteiger partial charge on any atom is 0.203 e. The van der Waals surface area contributed by atoms with Crippen molar-refractivity contribution in [1.82, 2.24) is 4.90 Å². The molecule has 0 spiro atoms. The lowest BCUT2D eigenvalue weighted by Crippen LogP contribution is -2.44. The second-order valence-electron chi connectivity index (χ2n) is 5.94. The first-order chi connectivity index (χ1) is 12.3. The molecular formula is C19H22ClNO5. The van der Waals surface area contributed by atoms with Crippen molar-refractivity contribution in [2.24, 2.45) is 0 Å². The first-order valence-electron chi connectivity index (χ1n) is 8.41. The monoisotopic (exact) mass is 379 g/mol. The lowest BCUT2D eigenvalue weighted by molar-refractivity contribution is -0.0199. The summed E-state index contributed by atoms with van der Waals surface area (Å²) in [6.07, 6.45) is -0.136. The van der Waals surface area contributed by atoms with Crippen molar-refractivity contribution in [1.29, 1.82) is 0 Å². The molecule has 0 N–H and O–H groups in total. The van der Waals surface area contributed by atoms with Gasteiger partial charge in [-0.25, -0.2) is 0 Å². The number of ether oxygens (including phenoxy) is 5. The molecular weight excluding hydrogens is 358 g/mol. The fraction of sp³-hybridized carbons (Fsp3) is 0.368. The molecule has 2 aliphatic rings. The van der Waals surface area contributed by atoms with Crippen molar-refractivity contribution in [2.45, 2.75) is 6.23 Å². The highest BCUT2D eigenvalue weighted by Gasteiger charge is 2.24. The smallest absolute Gasteiger partial charge is 0.203 e. The normalized spacial score (nSPS) is 17.4. The Morgan fingerprint density at radius 2 is 1.73 bits per heavy atom. The van der Waals surface area contributed by atoms with Gasteiger partial charge in [-0.05, 0) is 31.3 Å². The second kappa shape index (κ2) is 8.38. The van der Waals surface area contributed by atoms with E-state index in [1.807, 2.05) is 49.5 Å². The molecule has 7 heteroatoms. The molecule has 0 fully saturated rings. The maximum absolute atomic E-state index is 5.99. The van der Waals surface area contributed by atoms with E-state index in [1.54, 1.807) is 0 Å². The molecule has 2 aromatic carbocycles. The number of hydrogen-bond acceptors (Lipinski definition) is 6. The van der Waals surface area contributed by atoms with E-state index in [0.29, 0.717) is 44.5 Å². The molecule has 140 valence electrons. The molecule has 2 aliphatic heterocycles. The highest BCUT2D eigenvalue weighted by Crippen LogP contribution is 2.39. The largest absolute Gasteiger partial charge is 0.488 e. The Balaban J connectivity index is 0.00000196. The Hall–Kier alpha value is -2.31. The number of likely N-dealkylation sites (N-methyl/N-ethyl adjacent to an activating group) is 1. The molecule has 2 heterocycles. The van der Waals surface area contributed by atoms with E-state index < -0.39 is 0 Å². The summed E-state index contributed by atoms with van der Waals surface area (Å²) >= 11 is 0. The number of fused-ring (bicyclic) bond motifs is 2. The van der Waals surface area contributed by atoms with E-state index in [9.17, 15) is 0 Å². The number of nitrogens with zero attached hydrogens (tertiary/aromatic N) is 1. The van der Waals surface area contributed by atoms with E-state index in [1.165, 1.54) is 0 Å². The third-order valence-electron chi connectivity index (χ3n) is 4.22. The zero-order valence-electron chi connectivity index (χ0n) is 14.6. The van der Waals surface area contributed by atoms with Crippen LogP contribution in [0.5, 0.6) is 28.7 Å². The van der Waals surface area contributed by atoms with E-state index in [0.717, 1.165) is 17.2 Å². The molecule has 0 saturated carbocycles. The van der Waals surface area contributed by atoms with Crippen LogP contribution in [0.3, 0.4) is 0 Å². The molecule has 6 nitrogen and oxygen atoms in total. The van der Waals surface area contributed by atoms with Crippen LogP contribution in [0.15, 0.2) is 42.5 Å². The predicted octanol–water partition coefficient (Wildman–Crippen LogP) is 2.99. The van der Waals surface area contributed by atoms with Gasteiger partial charge in [0.1, 0.15) is 26.4 Å². The molecule has 26 heavy (non-hydrogen) atoms. The molecule has 1 atom stereocenters. The average Bonchev–Trinajstić information content (AvgIpc) is 2.67. The molecule has 0 saturated heterocycles. The van der Waals surface area contributed by atoms with Crippen LogP contribution in [-0.2, 0) is 0 Å². The van der Waals surface area contributed by atoms with Gasteiger partial charge in [-0.15, -0.1) is 12.4 Å². The Morgan fingerprint density at radius 1 is 0.962 bits per heavy atom. The summed E-state index contributed by atoms with van der Waals surface area (Å²) in [6.45, 7) is 2.81. The van der Waals surface area contributed by atoms with Crippen molar-refractivity contribution in [3.8, 4) is 28.7 Å². The Kier molecular flexibility index (Phi) is 5.96. The minimum Gasteiger partial charge on any atom is -0.488 e. The number of para-hydroxylation sites is 3. The lowest BCUT2D eigenvalue weighted by atomic mass is 10.3. The van der Waals surface area contributed by atoms with Gasteiger partial charge in [0, 0.05) is 6.54 Å². The number of halogens is 1. The van der Waals surface area contributed by atoms with Gasteiger partial charge in [-0.3, -0.25) is 4.90 Å². The van der Waals surface area contributed by atoms with Gasteiger partial charge < -0.3 is 23.7 Å². The fourth-order valence-electron chi connectivity index (χ4n) is 2.83. The summed E-state index contributed by atoms with van der Waals surface area (Å²) in [5.74, 6) is 3.68. The zero-order valence-corrected chi connectivity index (χ0v) is 15.4. The van der Waals surface area contributed by atoms with Crippen LogP contribution >= 0.6 is 12.4 Å². The minimum atomic E-state index is -0.136. The quantitative estimate of drug-likeness (QED) is 0.796. The second-order valence-corrected chi connectivity index (χ2v) is 5.94. The Labute approximate surface area is 159 Å². The summed E-state index contributed by atoms with van der Waals surface area (Å²) < 4.78 is 28.9. The minimum absolute atomic E-state index is 0. The molecule has 0 aliphatic carbocycles. The Morgan fingerprint density at radius 3 is 2.62 bits per heavy atom. The SMILES string of the molecule is CN(CCOc1cccc2c1OCCO2)C1COc2ccccc2O1.Cl. The van der Waals surface area contributed by atoms with Gasteiger partial charge in [-0.2, -0.15) is 0 Å². The van der Waals surface area contributed by atoms with E-state index in [2.05, 4.69) is 4.90 Å². The topological polar surface area (TPSA) is 49.4 Å². The van der Waals surface area contributed by atoms with Gasteiger partial charge in [-0.1, -0.05) is 18.2 Å². The number of hydrogen-bond donors (Lipinski definition) is 0. The van der Waals surface area contributed by atoms with Crippen LogP contribution in [0.2, 0.25) is 0 Å². The van der Waals surface area contributed by atoms with Crippen molar-refractivity contribution >= 4 is 12.4 Å². The Bertz CT molecular complexity index is 742. The standard InChI is InChI=1S/C19H21NO5.ClH/c1-20(18-13-24-14-5-2-3-6-15(14)25-18)9-10-21-16-7-4-8-17-19(16)23-12-11-22-17;/h2-8,18H,9-13H2,1H3;1H. The van der Waals surface area contributed by atoms with E-state index in [4.69, 9.17) is 23.7 Å². The van der Waals surface area contributed by atoms with Crippen LogP contribution in [-0.4, -0.2) is 51.1 Å². The third kappa shape index (κ3) is 3.92.